The Kier molecular flexibility index (Phi) is 11.8. The Morgan fingerprint density at radius 1 is 0.746 bits per heavy atom. The van der Waals surface area contributed by atoms with Crippen molar-refractivity contribution in [1.29, 1.82) is 0 Å². The Bertz CT molecular complexity index is 2290. The molecular formula is C39H38BrCl2F6N9O2. The van der Waals surface area contributed by atoms with E-state index in [1.54, 1.807) is 11.0 Å². The number of halogens is 9. The summed E-state index contributed by atoms with van der Waals surface area (Å²) in [6, 6.07) is 10.3. The van der Waals surface area contributed by atoms with Crippen LogP contribution in [0.3, 0.4) is 0 Å². The zero-order valence-corrected chi connectivity index (χ0v) is 34.6. The van der Waals surface area contributed by atoms with Gasteiger partial charge >= 0.3 is 12.0 Å². The first kappa shape index (κ1) is 41.6. The van der Waals surface area contributed by atoms with Crippen LogP contribution < -0.4 is 14.4 Å². The van der Waals surface area contributed by atoms with Crippen molar-refractivity contribution < 1.29 is 35.8 Å². The lowest BCUT2D eigenvalue weighted by Gasteiger charge is -2.38. The summed E-state index contributed by atoms with van der Waals surface area (Å²) >= 11 is 14.7. The van der Waals surface area contributed by atoms with Gasteiger partial charge in [0.2, 0.25) is 16.6 Å². The summed E-state index contributed by atoms with van der Waals surface area (Å²) in [6.07, 6.45) is 3.91. The largest absolute Gasteiger partial charge is 0.424 e. The number of ether oxygens (including phenoxy) is 2. The summed E-state index contributed by atoms with van der Waals surface area (Å²) in [4.78, 5) is 19.7. The van der Waals surface area contributed by atoms with Crippen LogP contribution in [0.1, 0.15) is 50.0 Å². The average Bonchev–Trinajstić information content (AvgIpc) is 3.76. The zero-order valence-electron chi connectivity index (χ0n) is 31.5. The highest BCUT2D eigenvalue weighted by molar-refractivity contribution is 9.10. The van der Waals surface area contributed by atoms with Crippen molar-refractivity contribution in [3.8, 4) is 23.5 Å². The summed E-state index contributed by atoms with van der Waals surface area (Å²) < 4.78 is 94.1. The molecule has 20 heteroatoms. The molecule has 11 nitrogen and oxygen atoms in total. The van der Waals surface area contributed by atoms with Crippen LogP contribution in [0.5, 0.6) is 23.5 Å². The maximum Gasteiger partial charge on any atom is 0.321 e. The third-order valence-corrected chi connectivity index (χ3v) is 12.2. The predicted molar refractivity (Wildman–Crippen MR) is 208 cm³/mol. The number of fused-ring (bicyclic) bond motifs is 2. The minimum absolute atomic E-state index is 0.0651. The van der Waals surface area contributed by atoms with Gasteiger partial charge in [0.1, 0.15) is 35.3 Å². The third kappa shape index (κ3) is 9.91. The first-order valence-electron chi connectivity index (χ1n) is 19.1. The number of benzene rings is 2. The Balaban J connectivity index is 0.000000188. The summed E-state index contributed by atoms with van der Waals surface area (Å²) in [5.74, 6) is -3.07. The van der Waals surface area contributed by atoms with Crippen molar-refractivity contribution >= 4 is 44.9 Å². The van der Waals surface area contributed by atoms with Gasteiger partial charge in [-0.3, -0.25) is 0 Å². The van der Waals surface area contributed by atoms with Crippen LogP contribution in [0.2, 0.25) is 10.0 Å². The zero-order chi connectivity index (χ0) is 41.6. The van der Waals surface area contributed by atoms with Gasteiger partial charge in [0.05, 0.1) is 10.0 Å². The van der Waals surface area contributed by atoms with E-state index in [-0.39, 0.29) is 76.6 Å². The fourth-order valence-electron chi connectivity index (χ4n) is 8.44. The van der Waals surface area contributed by atoms with Crippen LogP contribution in [0.15, 0.2) is 53.5 Å². The Morgan fingerprint density at radius 2 is 1.27 bits per heavy atom. The molecule has 0 spiro atoms. The first-order valence-corrected chi connectivity index (χ1v) is 20.7. The smallest absolute Gasteiger partial charge is 0.321 e. The normalized spacial score (nSPS) is 22.0. The van der Waals surface area contributed by atoms with Crippen molar-refractivity contribution in [3.05, 3.63) is 86.7 Å². The molecular weight excluding hydrogens is 891 g/mol. The molecule has 4 aliphatic rings. The monoisotopic (exact) mass is 927 g/mol. The molecule has 4 fully saturated rings. The predicted octanol–water partition coefficient (Wildman–Crippen LogP) is 10.4. The van der Waals surface area contributed by atoms with Gasteiger partial charge < -0.3 is 14.4 Å². The molecule has 1 unspecified atom stereocenters. The van der Waals surface area contributed by atoms with Gasteiger partial charge in [0.25, 0.3) is 0 Å². The number of aryl methyl sites for hydroxylation is 1. The molecule has 0 N–H and O–H groups in total. The second-order valence-corrected chi connectivity index (χ2v) is 17.4. The molecule has 3 atom stereocenters. The average molecular weight is 930 g/mol. The lowest BCUT2D eigenvalue weighted by molar-refractivity contribution is -0.115. The highest BCUT2D eigenvalue weighted by atomic mass is 79.9. The van der Waals surface area contributed by atoms with Crippen LogP contribution in [-0.4, -0.2) is 64.4 Å². The molecule has 0 amide bonds. The number of nitrogens with zero attached hydrogens (tertiary/aromatic N) is 9. The van der Waals surface area contributed by atoms with Gasteiger partial charge in [-0.25, -0.2) is 45.7 Å². The maximum absolute atomic E-state index is 13.6. The minimum atomic E-state index is -2.62. The lowest BCUT2D eigenvalue weighted by atomic mass is 9.81. The molecule has 3 aromatic heterocycles. The number of alkyl halides is 4. The van der Waals surface area contributed by atoms with Crippen LogP contribution in [0, 0.1) is 48.1 Å². The fraction of sp³-hybridized carbons (Fsp3) is 0.487. The molecule has 59 heavy (non-hydrogen) atoms. The van der Waals surface area contributed by atoms with Gasteiger partial charge in [0, 0.05) is 82.2 Å². The number of hydrogen-bond acceptors (Lipinski definition) is 9. The second kappa shape index (κ2) is 16.7. The van der Waals surface area contributed by atoms with Crippen molar-refractivity contribution in [2.45, 2.75) is 76.8 Å². The molecule has 3 aliphatic carbocycles. The Morgan fingerprint density at radius 3 is 1.78 bits per heavy atom. The van der Waals surface area contributed by atoms with E-state index in [1.165, 1.54) is 41.1 Å². The number of piperidine rings is 1. The molecule has 4 heterocycles. The minimum Gasteiger partial charge on any atom is -0.424 e. The van der Waals surface area contributed by atoms with Crippen LogP contribution in [0.25, 0.3) is 0 Å². The maximum atomic E-state index is 13.6. The Labute approximate surface area is 353 Å². The molecule has 1 aliphatic heterocycles. The van der Waals surface area contributed by atoms with E-state index in [9.17, 15) is 26.3 Å². The molecule has 2 bridgehead atoms. The van der Waals surface area contributed by atoms with E-state index < -0.39 is 23.5 Å². The number of hydrogen-bond donors (Lipinski definition) is 0. The molecule has 9 rings (SSSR count). The van der Waals surface area contributed by atoms with E-state index in [4.69, 9.17) is 32.7 Å². The molecule has 1 saturated heterocycles. The van der Waals surface area contributed by atoms with Gasteiger partial charge in [-0.2, -0.15) is 15.1 Å². The van der Waals surface area contributed by atoms with Crippen molar-refractivity contribution in [1.82, 2.24) is 39.5 Å². The van der Waals surface area contributed by atoms with Crippen LogP contribution >= 0.6 is 39.1 Å². The van der Waals surface area contributed by atoms with E-state index >= 15 is 0 Å². The van der Waals surface area contributed by atoms with Crippen LogP contribution in [-0.2, 0) is 19.5 Å². The fourth-order valence-corrected chi connectivity index (χ4v) is 9.12. The number of aromatic nitrogens is 8. The Hall–Kier alpha value is -4.16. The number of anilines is 1. The first-order chi connectivity index (χ1) is 28.0. The third-order valence-electron chi connectivity index (χ3n) is 11.3. The molecule has 5 aromatic rings. The van der Waals surface area contributed by atoms with E-state index in [0.717, 1.165) is 37.4 Å². The number of rotatable bonds is 11. The standard InChI is InChI=1S/C26H28ClF3N6O.C13H10BrClF3N3O/c1-15-6-24(32-14-31-15)35-12-17-2-3-18(13-35)20(17)8-23-33-25(37-19-4-5-22(28)21(27)7-19)36(34-23)11-16-9-26(29,30)10-16;14-11-19-12(22-8-1-2-10(16)9(15)3-8)21(20-11)6-7-4-13(17,18)5-7/h4-7,14,16-18,20H,2-3,8-13H2,1H3;1-3,7H,4-6H2/t17-,18+,20?;. The topological polar surface area (TPSA) is 109 Å². The highest BCUT2D eigenvalue weighted by Gasteiger charge is 2.47. The van der Waals surface area contributed by atoms with Gasteiger partial charge in [-0.15, -0.1) is 5.10 Å². The lowest BCUT2D eigenvalue weighted by Crippen LogP contribution is -2.43. The van der Waals surface area contributed by atoms with E-state index in [2.05, 4.69) is 51.0 Å². The summed E-state index contributed by atoms with van der Waals surface area (Å²) in [5.41, 5.74) is 0.952. The molecule has 314 valence electrons. The quantitative estimate of drug-likeness (QED) is 0.120. The van der Waals surface area contributed by atoms with Crippen molar-refractivity contribution in [2.75, 3.05) is 18.0 Å². The van der Waals surface area contributed by atoms with Gasteiger partial charge in [-0.1, -0.05) is 23.2 Å². The van der Waals surface area contributed by atoms with Crippen molar-refractivity contribution in [3.63, 3.8) is 0 Å². The van der Waals surface area contributed by atoms with E-state index in [0.29, 0.717) is 42.3 Å². The summed E-state index contributed by atoms with van der Waals surface area (Å²) in [6.45, 7) is 4.39. The molecule has 3 saturated carbocycles. The van der Waals surface area contributed by atoms with E-state index in [1.807, 2.05) is 13.0 Å². The van der Waals surface area contributed by atoms with Gasteiger partial charge in [-0.05, 0) is 89.6 Å². The summed E-state index contributed by atoms with van der Waals surface area (Å²) in [7, 11) is 0. The van der Waals surface area contributed by atoms with Gasteiger partial charge in [0.15, 0.2) is 5.82 Å². The SMILES string of the molecule is Cc1cc(N2C[C@H]3CC[C@@H](C2)C3Cc2nc(Oc3ccc(F)c(Cl)c3)n(CC3CC(F)(F)C3)n2)ncn1.Fc1ccc(Oc2nc(Br)nn2CC2CC(F)(F)C2)cc1Cl. The molecule has 0 radical (unpaired) electrons. The molecule has 2 aromatic carbocycles. The van der Waals surface area contributed by atoms with Crippen molar-refractivity contribution in [2.24, 2.45) is 29.6 Å². The van der Waals surface area contributed by atoms with Crippen LogP contribution in [0.4, 0.5) is 32.2 Å². The second-order valence-electron chi connectivity index (χ2n) is 15.8. The highest BCUT2D eigenvalue weighted by Crippen LogP contribution is 2.46. The summed E-state index contributed by atoms with van der Waals surface area (Å²) in [5, 5.41) is 8.60.